The Hall–Kier alpha value is -2.82. The predicted octanol–water partition coefficient (Wildman–Crippen LogP) is 3.69. The smallest absolute Gasteiger partial charge is 0.265 e. The van der Waals surface area contributed by atoms with Gasteiger partial charge in [-0.15, -0.1) is 0 Å². The van der Waals surface area contributed by atoms with Gasteiger partial charge in [0.05, 0.1) is 7.11 Å². The summed E-state index contributed by atoms with van der Waals surface area (Å²) in [6.07, 6.45) is -0.168. The Morgan fingerprint density at radius 2 is 1.79 bits per heavy atom. The van der Waals surface area contributed by atoms with Crippen molar-refractivity contribution in [3.05, 3.63) is 54.1 Å². The van der Waals surface area contributed by atoms with Gasteiger partial charge in [0, 0.05) is 11.3 Å². The second-order valence-corrected chi connectivity index (χ2v) is 5.29. The van der Waals surface area contributed by atoms with Crippen LogP contribution in [0.15, 0.2) is 48.5 Å². The molecule has 0 aliphatic rings. The highest BCUT2D eigenvalue weighted by Crippen LogP contribution is 2.27. The number of nitrogens with one attached hydrogen (secondary N) is 1. The Morgan fingerprint density at radius 1 is 1.08 bits per heavy atom. The zero-order valence-corrected chi connectivity index (χ0v) is 14.0. The first-order chi connectivity index (χ1) is 11.5. The molecule has 0 radical (unpaired) electrons. The zero-order chi connectivity index (χ0) is 17.5. The van der Waals surface area contributed by atoms with Crippen LogP contribution >= 0.6 is 0 Å². The molecule has 0 heterocycles. The van der Waals surface area contributed by atoms with E-state index in [1.165, 1.54) is 6.92 Å². The number of carbonyl (C=O) groups excluding carboxylic acids is 2. The molecule has 126 valence electrons. The van der Waals surface area contributed by atoms with Gasteiger partial charge in [-0.3, -0.25) is 9.59 Å². The van der Waals surface area contributed by atoms with Crippen molar-refractivity contribution in [3.63, 3.8) is 0 Å². The van der Waals surface area contributed by atoms with Crippen LogP contribution in [0.2, 0.25) is 0 Å². The summed E-state index contributed by atoms with van der Waals surface area (Å²) >= 11 is 0. The minimum atomic E-state index is -0.665. The van der Waals surface area contributed by atoms with Gasteiger partial charge in [-0.05, 0) is 37.6 Å². The second kappa shape index (κ2) is 8.15. The third-order valence-corrected chi connectivity index (χ3v) is 3.54. The van der Waals surface area contributed by atoms with Crippen LogP contribution in [0, 0.1) is 0 Å². The molecule has 0 saturated carbocycles. The number of anilines is 1. The fourth-order valence-electron chi connectivity index (χ4n) is 2.23. The molecule has 0 spiro atoms. The third-order valence-electron chi connectivity index (χ3n) is 3.54. The lowest BCUT2D eigenvalue weighted by atomic mass is 10.1. The molecule has 0 aliphatic carbocycles. The molecule has 1 N–H and O–H groups in total. The number of para-hydroxylation sites is 2. The molecule has 0 aliphatic heterocycles. The number of benzene rings is 2. The zero-order valence-electron chi connectivity index (χ0n) is 14.0. The molecule has 2 rings (SSSR count). The highest BCUT2D eigenvalue weighted by atomic mass is 16.5. The van der Waals surface area contributed by atoms with E-state index in [9.17, 15) is 9.59 Å². The molecule has 5 nitrogen and oxygen atoms in total. The number of rotatable bonds is 7. The maximum absolute atomic E-state index is 12.5. The van der Waals surface area contributed by atoms with Gasteiger partial charge in [0.25, 0.3) is 5.91 Å². The molecule has 0 fully saturated rings. The number of ketones is 1. The minimum Gasteiger partial charge on any atom is -0.493 e. The maximum Gasteiger partial charge on any atom is 0.265 e. The number of hydrogen-bond donors (Lipinski definition) is 1. The summed E-state index contributed by atoms with van der Waals surface area (Å²) < 4.78 is 11.0. The van der Waals surface area contributed by atoms with Gasteiger partial charge in [-0.25, -0.2) is 0 Å². The van der Waals surface area contributed by atoms with Crippen LogP contribution in [-0.2, 0) is 4.79 Å². The molecule has 5 heteroatoms. The van der Waals surface area contributed by atoms with E-state index in [0.717, 1.165) is 0 Å². The fraction of sp³-hybridized carbons (Fsp3) is 0.263. The predicted molar refractivity (Wildman–Crippen MR) is 92.8 cm³/mol. The minimum absolute atomic E-state index is 0.0524. The van der Waals surface area contributed by atoms with Crippen molar-refractivity contribution >= 4 is 17.4 Å². The number of methoxy groups -OCH3 is 1. The van der Waals surface area contributed by atoms with Crippen molar-refractivity contribution < 1.29 is 19.1 Å². The molecule has 0 aromatic heterocycles. The van der Waals surface area contributed by atoms with Crippen LogP contribution in [0.3, 0.4) is 0 Å². The quantitative estimate of drug-likeness (QED) is 0.788. The topological polar surface area (TPSA) is 64.6 Å². The molecule has 1 atom stereocenters. The van der Waals surface area contributed by atoms with E-state index in [1.807, 2.05) is 19.1 Å². The second-order valence-electron chi connectivity index (χ2n) is 5.29. The Labute approximate surface area is 141 Å². The molecule has 2 aromatic rings. The van der Waals surface area contributed by atoms with Crippen LogP contribution in [0.1, 0.15) is 30.6 Å². The van der Waals surface area contributed by atoms with E-state index >= 15 is 0 Å². The van der Waals surface area contributed by atoms with E-state index < -0.39 is 6.10 Å². The van der Waals surface area contributed by atoms with Crippen molar-refractivity contribution in [3.8, 4) is 11.5 Å². The normalized spacial score (nSPS) is 11.5. The van der Waals surface area contributed by atoms with Gasteiger partial charge >= 0.3 is 0 Å². The van der Waals surface area contributed by atoms with Crippen LogP contribution in [0.25, 0.3) is 0 Å². The van der Waals surface area contributed by atoms with Crippen molar-refractivity contribution in [2.45, 2.75) is 26.4 Å². The number of Topliss-reactive ketones (excluding diaryl/α,β-unsaturated/α-hetero) is 1. The number of carbonyl (C=O) groups is 2. The molecule has 0 saturated heterocycles. The lowest BCUT2D eigenvalue weighted by Gasteiger charge is -2.19. The van der Waals surface area contributed by atoms with Gasteiger partial charge in [0.15, 0.2) is 23.4 Å². The summed E-state index contributed by atoms with van der Waals surface area (Å²) in [5.41, 5.74) is 1.11. The van der Waals surface area contributed by atoms with E-state index in [-0.39, 0.29) is 11.7 Å². The molecule has 1 amide bonds. The first-order valence-corrected chi connectivity index (χ1v) is 7.76. The standard InChI is InChI=1S/C19H21NO4/c1-4-16(24-18-11-6-5-10-17(18)23-3)19(22)20-15-9-7-8-14(12-15)13(2)21/h5-12,16H,4H2,1-3H3,(H,20,22)/t16-/m0/s1. The average Bonchev–Trinajstić information content (AvgIpc) is 2.60. The molecule has 2 aromatic carbocycles. The lowest BCUT2D eigenvalue weighted by Crippen LogP contribution is -2.32. The van der Waals surface area contributed by atoms with Gasteiger partial charge in [0.2, 0.25) is 0 Å². The molecular formula is C19H21NO4. The number of ether oxygens (including phenoxy) is 2. The van der Waals surface area contributed by atoms with E-state index in [0.29, 0.717) is 29.2 Å². The van der Waals surface area contributed by atoms with E-state index in [4.69, 9.17) is 9.47 Å². The van der Waals surface area contributed by atoms with Crippen LogP contribution < -0.4 is 14.8 Å². The Kier molecular flexibility index (Phi) is 5.95. The van der Waals surface area contributed by atoms with Gasteiger partial charge < -0.3 is 14.8 Å². The Balaban J connectivity index is 2.11. The monoisotopic (exact) mass is 327 g/mol. The largest absolute Gasteiger partial charge is 0.493 e. The first kappa shape index (κ1) is 17.5. The summed E-state index contributed by atoms with van der Waals surface area (Å²) in [4.78, 5) is 23.9. The number of amides is 1. The van der Waals surface area contributed by atoms with Crippen molar-refractivity contribution in [1.82, 2.24) is 0 Å². The van der Waals surface area contributed by atoms with Crippen LogP contribution in [-0.4, -0.2) is 24.9 Å². The summed E-state index contributed by atoms with van der Waals surface area (Å²) in [6.45, 7) is 3.35. The van der Waals surface area contributed by atoms with Crippen LogP contribution in [0.5, 0.6) is 11.5 Å². The molecule has 0 unspecified atom stereocenters. The third kappa shape index (κ3) is 4.35. The first-order valence-electron chi connectivity index (χ1n) is 7.76. The van der Waals surface area contributed by atoms with Crippen molar-refractivity contribution in [1.29, 1.82) is 0 Å². The SMILES string of the molecule is CC[C@H](Oc1ccccc1OC)C(=O)Nc1cccc(C(C)=O)c1. The molecule has 24 heavy (non-hydrogen) atoms. The number of hydrogen-bond acceptors (Lipinski definition) is 4. The summed E-state index contributed by atoms with van der Waals surface area (Å²) in [6, 6.07) is 14.0. The summed E-state index contributed by atoms with van der Waals surface area (Å²) in [7, 11) is 1.55. The van der Waals surface area contributed by atoms with Crippen LogP contribution in [0.4, 0.5) is 5.69 Å². The Bertz CT molecular complexity index is 727. The fourth-order valence-corrected chi connectivity index (χ4v) is 2.23. The average molecular weight is 327 g/mol. The van der Waals surface area contributed by atoms with Crippen molar-refractivity contribution in [2.75, 3.05) is 12.4 Å². The van der Waals surface area contributed by atoms with E-state index in [2.05, 4.69) is 5.32 Å². The Morgan fingerprint density at radius 3 is 2.42 bits per heavy atom. The highest BCUT2D eigenvalue weighted by molar-refractivity contribution is 5.98. The maximum atomic E-state index is 12.5. The van der Waals surface area contributed by atoms with E-state index in [1.54, 1.807) is 43.5 Å². The van der Waals surface area contributed by atoms with Gasteiger partial charge in [0.1, 0.15) is 0 Å². The lowest BCUT2D eigenvalue weighted by molar-refractivity contribution is -0.122. The van der Waals surface area contributed by atoms with Crippen molar-refractivity contribution in [2.24, 2.45) is 0 Å². The summed E-state index contributed by atoms with van der Waals surface area (Å²) in [5, 5.41) is 2.79. The summed E-state index contributed by atoms with van der Waals surface area (Å²) in [5.74, 6) is 0.759. The molecule has 0 bridgehead atoms. The highest BCUT2D eigenvalue weighted by Gasteiger charge is 2.20. The van der Waals surface area contributed by atoms with Gasteiger partial charge in [-0.1, -0.05) is 31.2 Å². The van der Waals surface area contributed by atoms with Gasteiger partial charge in [-0.2, -0.15) is 0 Å². The molecular weight excluding hydrogens is 306 g/mol.